The highest BCUT2D eigenvalue weighted by molar-refractivity contribution is 7.99. The van der Waals surface area contributed by atoms with Gasteiger partial charge in [0.2, 0.25) is 5.91 Å². The minimum Gasteiger partial charge on any atom is -0.495 e. The SMILES string of the molecule is COc1ccccc1NC(=O)CSc1nnc(Cc2cc(=O)[nH]c(=O)[nH]2)n1-c1ccc(F)cc1. The lowest BCUT2D eigenvalue weighted by Crippen LogP contribution is -2.23. The number of nitrogens with zero attached hydrogens (tertiary/aromatic N) is 3. The molecule has 0 bridgehead atoms. The maximum absolute atomic E-state index is 13.5. The second-order valence-electron chi connectivity index (χ2n) is 7.04. The number of anilines is 1. The van der Waals surface area contributed by atoms with Gasteiger partial charge in [-0.05, 0) is 36.4 Å². The minimum absolute atomic E-state index is 0.0131. The molecule has 0 saturated carbocycles. The Kier molecular flexibility index (Phi) is 6.87. The molecule has 0 aliphatic heterocycles. The molecular formula is C22H19FN6O4S. The predicted molar refractivity (Wildman–Crippen MR) is 124 cm³/mol. The molecule has 0 saturated heterocycles. The first-order valence-electron chi connectivity index (χ1n) is 10.0. The number of benzene rings is 2. The number of para-hydroxylation sites is 2. The molecule has 4 aromatic rings. The van der Waals surface area contributed by atoms with Gasteiger partial charge in [0.1, 0.15) is 17.4 Å². The first-order chi connectivity index (χ1) is 16.4. The molecule has 0 aliphatic rings. The smallest absolute Gasteiger partial charge is 0.325 e. The Bertz CT molecular complexity index is 1400. The Labute approximate surface area is 196 Å². The molecule has 0 fully saturated rings. The van der Waals surface area contributed by atoms with E-state index >= 15 is 0 Å². The van der Waals surface area contributed by atoms with Gasteiger partial charge < -0.3 is 15.0 Å². The summed E-state index contributed by atoms with van der Waals surface area (Å²) in [4.78, 5) is 40.5. The fourth-order valence-electron chi connectivity index (χ4n) is 3.21. The molecule has 0 aliphatic carbocycles. The summed E-state index contributed by atoms with van der Waals surface area (Å²) < 4.78 is 20.4. The van der Waals surface area contributed by atoms with Crippen molar-refractivity contribution in [3.63, 3.8) is 0 Å². The first-order valence-corrected chi connectivity index (χ1v) is 11.0. The van der Waals surface area contributed by atoms with E-state index in [4.69, 9.17) is 4.74 Å². The van der Waals surface area contributed by atoms with Gasteiger partial charge in [0.25, 0.3) is 5.56 Å². The van der Waals surface area contributed by atoms with Crippen LogP contribution in [0.5, 0.6) is 5.75 Å². The standard InChI is InChI=1S/C22H19FN6O4S/c1-33-17-5-3-2-4-16(17)25-20(31)12-34-22-28-27-18(10-14-11-19(30)26-21(32)24-14)29(22)15-8-6-13(23)7-9-15/h2-9,11H,10,12H2,1H3,(H,25,31)(H2,24,26,30,32). The largest absolute Gasteiger partial charge is 0.495 e. The number of rotatable bonds is 8. The number of amides is 1. The number of carbonyl (C=O) groups is 1. The summed E-state index contributed by atoms with van der Waals surface area (Å²) in [6, 6.07) is 13.9. The van der Waals surface area contributed by atoms with Crippen LogP contribution in [-0.2, 0) is 11.2 Å². The molecule has 0 unspecified atom stereocenters. The molecule has 2 heterocycles. The summed E-state index contributed by atoms with van der Waals surface area (Å²) in [7, 11) is 1.51. The van der Waals surface area contributed by atoms with E-state index < -0.39 is 17.1 Å². The number of ether oxygens (including phenoxy) is 1. The quantitative estimate of drug-likeness (QED) is 0.328. The monoisotopic (exact) mass is 482 g/mol. The van der Waals surface area contributed by atoms with Gasteiger partial charge in [-0.15, -0.1) is 10.2 Å². The summed E-state index contributed by atoms with van der Waals surface area (Å²) in [5.74, 6) is 0.232. The fraction of sp³-hybridized carbons (Fsp3) is 0.136. The number of carbonyl (C=O) groups excluding carboxylic acids is 1. The zero-order chi connectivity index (χ0) is 24.1. The van der Waals surface area contributed by atoms with Crippen LogP contribution >= 0.6 is 11.8 Å². The molecule has 1 amide bonds. The molecule has 34 heavy (non-hydrogen) atoms. The molecule has 0 spiro atoms. The average Bonchev–Trinajstić information content (AvgIpc) is 3.20. The van der Waals surface area contributed by atoms with E-state index in [0.717, 1.165) is 11.8 Å². The van der Waals surface area contributed by atoms with E-state index in [1.165, 1.54) is 25.3 Å². The highest BCUT2D eigenvalue weighted by Gasteiger charge is 2.17. The fourth-order valence-corrected chi connectivity index (χ4v) is 3.98. The third kappa shape index (κ3) is 5.41. The van der Waals surface area contributed by atoms with Gasteiger partial charge in [-0.2, -0.15) is 0 Å². The number of aromatic nitrogens is 5. The molecule has 0 atom stereocenters. The van der Waals surface area contributed by atoms with Gasteiger partial charge in [-0.25, -0.2) is 9.18 Å². The number of halogens is 1. The van der Waals surface area contributed by atoms with Crippen molar-refractivity contribution in [1.29, 1.82) is 0 Å². The van der Waals surface area contributed by atoms with Crippen molar-refractivity contribution >= 4 is 23.4 Å². The number of nitrogens with one attached hydrogen (secondary N) is 3. The van der Waals surface area contributed by atoms with Crippen molar-refractivity contribution < 1.29 is 13.9 Å². The average molecular weight is 482 g/mol. The Hall–Kier alpha value is -4.19. The molecular weight excluding hydrogens is 463 g/mol. The minimum atomic E-state index is -0.641. The van der Waals surface area contributed by atoms with Gasteiger partial charge in [0, 0.05) is 23.9 Å². The van der Waals surface area contributed by atoms with Crippen LogP contribution in [0.1, 0.15) is 11.5 Å². The van der Waals surface area contributed by atoms with Crippen LogP contribution in [0.3, 0.4) is 0 Å². The summed E-state index contributed by atoms with van der Waals surface area (Å²) in [6.45, 7) is 0. The topological polar surface area (TPSA) is 135 Å². The second kappa shape index (κ2) is 10.2. The van der Waals surface area contributed by atoms with Crippen LogP contribution in [0.2, 0.25) is 0 Å². The lowest BCUT2D eigenvalue weighted by Gasteiger charge is -2.11. The third-order valence-electron chi connectivity index (χ3n) is 4.66. The van der Waals surface area contributed by atoms with Gasteiger partial charge in [-0.3, -0.25) is 19.1 Å². The molecule has 2 aromatic carbocycles. The number of H-pyrrole nitrogens is 2. The second-order valence-corrected chi connectivity index (χ2v) is 7.98. The highest BCUT2D eigenvalue weighted by Crippen LogP contribution is 2.26. The van der Waals surface area contributed by atoms with E-state index in [2.05, 4.69) is 25.5 Å². The van der Waals surface area contributed by atoms with Crippen molar-refractivity contribution in [2.24, 2.45) is 0 Å². The lowest BCUT2D eigenvalue weighted by molar-refractivity contribution is -0.113. The predicted octanol–water partition coefficient (Wildman–Crippen LogP) is 2.11. The third-order valence-corrected chi connectivity index (χ3v) is 5.59. The number of thioether (sulfide) groups is 1. The van der Waals surface area contributed by atoms with Gasteiger partial charge in [-0.1, -0.05) is 23.9 Å². The Morgan fingerprint density at radius 1 is 1.12 bits per heavy atom. The van der Waals surface area contributed by atoms with Gasteiger partial charge >= 0.3 is 5.69 Å². The van der Waals surface area contributed by atoms with Crippen LogP contribution in [-0.4, -0.2) is 43.5 Å². The Balaban J connectivity index is 1.59. The van der Waals surface area contributed by atoms with Crippen LogP contribution in [0.15, 0.2) is 69.3 Å². The van der Waals surface area contributed by atoms with Crippen molar-refractivity contribution in [3.05, 3.63) is 92.8 Å². The molecule has 3 N–H and O–H groups in total. The van der Waals surface area contributed by atoms with E-state index in [9.17, 15) is 18.8 Å². The maximum atomic E-state index is 13.5. The Morgan fingerprint density at radius 2 is 1.88 bits per heavy atom. The number of hydrogen-bond donors (Lipinski definition) is 3. The first kappa shape index (κ1) is 23.0. The van der Waals surface area contributed by atoms with Crippen molar-refractivity contribution in [2.45, 2.75) is 11.6 Å². The van der Waals surface area contributed by atoms with Crippen molar-refractivity contribution in [1.82, 2.24) is 24.7 Å². The van der Waals surface area contributed by atoms with E-state index in [-0.39, 0.29) is 18.1 Å². The summed E-state index contributed by atoms with van der Waals surface area (Å²) in [5, 5.41) is 11.5. The van der Waals surface area contributed by atoms with E-state index in [1.807, 2.05) is 0 Å². The van der Waals surface area contributed by atoms with Crippen LogP contribution in [0.25, 0.3) is 5.69 Å². The van der Waals surface area contributed by atoms with Crippen LogP contribution in [0.4, 0.5) is 10.1 Å². The molecule has 10 nitrogen and oxygen atoms in total. The normalized spacial score (nSPS) is 10.8. The molecule has 2 aromatic heterocycles. The number of hydrogen-bond acceptors (Lipinski definition) is 7. The summed E-state index contributed by atoms with van der Waals surface area (Å²) >= 11 is 1.13. The lowest BCUT2D eigenvalue weighted by atomic mass is 10.2. The Morgan fingerprint density at radius 3 is 2.62 bits per heavy atom. The molecule has 0 radical (unpaired) electrons. The summed E-state index contributed by atoms with van der Waals surface area (Å²) in [5.41, 5.74) is 0.234. The molecule has 4 rings (SSSR count). The zero-order valence-electron chi connectivity index (χ0n) is 17.9. The zero-order valence-corrected chi connectivity index (χ0v) is 18.7. The molecule has 12 heteroatoms. The number of methoxy groups -OCH3 is 1. The van der Waals surface area contributed by atoms with E-state index in [1.54, 1.807) is 41.0 Å². The summed E-state index contributed by atoms with van der Waals surface area (Å²) in [6.07, 6.45) is 0.0809. The van der Waals surface area contributed by atoms with Crippen molar-refractivity contribution in [2.75, 3.05) is 18.2 Å². The van der Waals surface area contributed by atoms with Crippen LogP contribution in [0, 0.1) is 5.82 Å². The van der Waals surface area contributed by atoms with Gasteiger partial charge in [0.05, 0.1) is 18.6 Å². The van der Waals surface area contributed by atoms with Gasteiger partial charge in [0.15, 0.2) is 5.16 Å². The molecule has 174 valence electrons. The van der Waals surface area contributed by atoms with Crippen molar-refractivity contribution in [3.8, 4) is 11.4 Å². The van der Waals surface area contributed by atoms with E-state index in [0.29, 0.717) is 33.8 Å². The highest BCUT2D eigenvalue weighted by atomic mass is 32.2. The maximum Gasteiger partial charge on any atom is 0.325 e. The van der Waals surface area contributed by atoms with Crippen LogP contribution < -0.4 is 21.3 Å². The number of aromatic amines is 2.